The van der Waals surface area contributed by atoms with Crippen molar-refractivity contribution in [2.24, 2.45) is 0 Å². The summed E-state index contributed by atoms with van der Waals surface area (Å²) in [5.74, 6) is -0.188. The van der Waals surface area contributed by atoms with Crippen LogP contribution in [-0.2, 0) is 0 Å². The molecule has 0 aromatic heterocycles. The maximum atomic E-state index is 12.1. The molecule has 0 bridgehead atoms. The molecule has 1 aromatic rings. The largest absolute Gasteiger partial charge is 0.573 e. The number of hydrogen-bond acceptors (Lipinski definition) is 3. The molecule has 1 saturated heterocycles. The highest BCUT2D eigenvalue weighted by molar-refractivity contribution is 5.29. The summed E-state index contributed by atoms with van der Waals surface area (Å²) >= 11 is 0. The lowest BCUT2D eigenvalue weighted by molar-refractivity contribution is -0.274. The molecule has 1 N–H and O–H groups in total. The number of ether oxygens (including phenoxy) is 1. The highest BCUT2D eigenvalue weighted by Gasteiger charge is 2.31. The van der Waals surface area contributed by atoms with Gasteiger partial charge in [0.25, 0.3) is 0 Å². The summed E-state index contributed by atoms with van der Waals surface area (Å²) in [5, 5.41) is 2.17. The Morgan fingerprint density at radius 1 is 1.10 bits per heavy atom. The Kier molecular flexibility index (Phi) is 4.88. The summed E-state index contributed by atoms with van der Waals surface area (Å²) in [6.07, 6.45) is -1.02. The molecule has 1 aliphatic rings. The zero-order valence-electron chi connectivity index (χ0n) is 11.4. The summed E-state index contributed by atoms with van der Waals surface area (Å²) in [6.45, 7) is 4.02. The lowest BCUT2D eigenvalue weighted by atomic mass is 10.1. The highest BCUT2D eigenvalue weighted by atomic mass is 19.4. The Morgan fingerprint density at radius 3 is 2.25 bits per heavy atom. The monoisotopic (exact) mass is 288 g/mol. The molecule has 20 heavy (non-hydrogen) atoms. The third kappa shape index (κ3) is 4.68. The van der Waals surface area contributed by atoms with E-state index >= 15 is 0 Å². The molecule has 6 heteroatoms. The van der Waals surface area contributed by atoms with Gasteiger partial charge in [0.2, 0.25) is 0 Å². The van der Waals surface area contributed by atoms with Crippen molar-refractivity contribution < 1.29 is 17.9 Å². The van der Waals surface area contributed by atoms with Gasteiger partial charge in [-0.2, -0.15) is 0 Å². The fraction of sp³-hybridized carbons (Fsp3) is 0.571. The number of alkyl halides is 3. The first-order valence-electron chi connectivity index (χ1n) is 6.81. The lowest BCUT2D eigenvalue weighted by Gasteiger charge is -2.30. The van der Waals surface area contributed by atoms with Crippen LogP contribution in [0.2, 0.25) is 0 Å². The van der Waals surface area contributed by atoms with Gasteiger partial charge in [0.1, 0.15) is 5.75 Å². The Morgan fingerprint density at radius 2 is 1.70 bits per heavy atom. The van der Waals surface area contributed by atoms with Gasteiger partial charge >= 0.3 is 6.36 Å². The van der Waals surface area contributed by atoms with Crippen molar-refractivity contribution in [3.8, 4) is 5.75 Å². The zero-order chi connectivity index (χ0) is 14.6. The second kappa shape index (κ2) is 6.45. The van der Waals surface area contributed by atoms with Crippen LogP contribution in [-0.4, -0.2) is 24.5 Å². The minimum Gasteiger partial charge on any atom is -0.406 e. The third-order valence-electron chi connectivity index (χ3n) is 3.35. The number of hydrazine groups is 1. The van der Waals surface area contributed by atoms with Crippen LogP contribution >= 0.6 is 0 Å². The summed E-state index contributed by atoms with van der Waals surface area (Å²) in [4.78, 5) is 0. The first-order valence-corrected chi connectivity index (χ1v) is 6.81. The summed E-state index contributed by atoms with van der Waals surface area (Å²) < 4.78 is 40.1. The van der Waals surface area contributed by atoms with Crippen molar-refractivity contribution in [1.82, 2.24) is 10.4 Å². The van der Waals surface area contributed by atoms with Crippen LogP contribution in [0.1, 0.15) is 37.8 Å². The third-order valence-corrected chi connectivity index (χ3v) is 3.35. The van der Waals surface area contributed by atoms with E-state index in [0.717, 1.165) is 18.7 Å². The van der Waals surface area contributed by atoms with E-state index in [-0.39, 0.29) is 11.8 Å². The number of piperidine rings is 1. The zero-order valence-corrected chi connectivity index (χ0v) is 11.4. The first-order chi connectivity index (χ1) is 9.44. The molecule has 2 rings (SSSR count). The molecule has 1 fully saturated rings. The van der Waals surface area contributed by atoms with Crippen molar-refractivity contribution >= 4 is 0 Å². The van der Waals surface area contributed by atoms with E-state index in [9.17, 15) is 13.2 Å². The number of nitrogens with zero attached hydrogens (tertiary/aromatic N) is 1. The van der Waals surface area contributed by atoms with Crippen LogP contribution in [0.5, 0.6) is 5.75 Å². The molecule has 0 saturated carbocycles. The fourth-order valence-electron chi connectivity index (χ4n) is 2.33. The summed E-state index contributed by atoms with van der Waals surface area (Å²) in [5.41, 5.74) is 4.31. The minimum absolute atomic E-state index is 0.0630. The SMILES string of the molecule is CC(NN1CCCCC1)c1ccc(OC(F)(F)F)cc1. The fourth-order valence-corrected chi connectivity index (χ4v) is 2.33. The van der Waals surface area contributed by atoms with Gasteiger partial charge in [0.15, 0.2) is 0 Å². The number of hydrogen-bond donors (Lipinski definition) is 1. The van der Waals surface area contributed by atoms with Gasteiger partial charge in [-0.1, -0.05) is 18.6 Å². The van der Waals surface area contributed by atoms with Crippen molar-refractivity contribution in [1.29, 1.82) is 0 Å². The van der Waals surface area contributed by atoms with Crippen molar-refractivity contribution in [3.63, 3.8) is 0 Å². The quantitative estimate of drug-likeness (QED) is 0.915. The second-order valence-electron chi connectivity index (χ2n) is 5.02. The molecule has 1 heterocycles. The van der Waals surface area contributed by atoms with E-state index in [0.29, 0.717) is 0 Å². The molecular formula is C14H19F3N2O. The van der Waals surface area contributed by atoms with Crippen LogP contribution < -0.4 is 10.2 Å². The van der Waals surface area contributed by atoms with Gasteiger partial charge in [-0.3, -0.25) is 0 Å². The predicted octanol–water partition coefficient (Wildman–Crippen LogP) is 3.64. The average Bonchev–Trinajstić information content (AvgIpc) is 2.39. The molecule has 0 amide bonds. The smallest absolute Gasteiger partial charge is 0.406 e. The maximum Gasteiger partial charge on any atom is 0.573 e. The molecule has 1 unspecified atom stereocenters. The molecule has 1 aromatic carbocycles. The molecule has 0 aliphatic carbocycles. The van der Waals surface area contributed by atoms with Crippen molar-refractivity contribution in [3.05, 3.63) is 29.8 Å². The van der Waals surface area contributed by atoms with Crippen LogP contribution in [0, 0.1) is 0 Å². The normalized spacial score (nSPS) is 18.8. The van der Waals surface area contributed by atoms with Crippen LogP contribution in [0.15, 0.2) is 24.3 Å². The Bertz CT molecular complexity index is 413. The minimum atomic E-state index is -4.64. The van der Waals surface area contributed by atoms with Gasteiger partial charge in [-0.15, -0.1) is 13.2 Å². The molecular weight excluding hydrogens is 269 g/mol. The van der Waals surface area contributed by atoms with Crippen LogP contribution in [0.4, 0.5) is 13.2 Å². The number of benzene rings is 1. The topological polar surface area (TPSA) is 24.5 Å². The van der Waals surface area contributed by atoms with Crippen LogP contribution in [0.3, 0.4) is 0 Å². The van der Waals surface area contributed by atoms with E-state index in [1.54, 1.807) is 12.1 Å². The molecule has 112 valence electrons. The van der Waals surface area contributed by atoms with Gasteiger partial charge in [0.05, 0.1) is 0 Å². The second-order valence-corrected chi connectivity index (χ2v) is 5.02. The lowest BCUT2D eigenvalue weighted by Crippen LogP contribution is -2.42. The van der Waals surface area contributed by atoms with E-state index in [1.807, 2.05) is 6.92 Å². The average molecular weight is 288 g/mol. The molecule has 3 nitrogen and oxygen atoms in total. The first kappa shape index (κ1) is 15.1. The maximum absolute atomic E-state index is 12.1. The number of nitrogens with one attached hydrogen (secondary N) is 1. The molecule has 1 atom stereocenters. The Balaban J connectivity index is 1.91. The number of halogens is 3. The van der Waals surface area contributed by atoms with Gasteiger partial charge in [0, 0.05) is 19.1 Å². The summed E-state index contributed by atoms with van der Waals surface area (Å²) in [6, 6.07) is 6.06. The Labute approximate surface area is 116 Å². The highest BCUT2D eigenvalue weighted by Crippen LogP contribution is 2.24. The molecule has 0 spiro atoms. The standard InChI is InChI=1S/C14H19F3N2O/c1-11(18-19-9-3-2-4-10-19)12-5-7-13(8-6-12)20-14(15,16)17/h5-8,11,18H,2-4,9-10H2,1H3. The van der Waals surface area contributed by atoms with E-state index < -0.39 is 6.36 Å². The van der Waals surface area contributed by atoms with E-state index in [2.05, 4.69) is 15.2 Å². The molecule has 0 radical (unpaired) electrons. The predicted molar refractivity (Wildman–Crippen MR) is 70.1 cm³/mol. The summed E-state index contributed by atoms with van der Waals surface area (Å²) in [7, 11) is 0. The van der Waals surface area contributed by atoms with Gasteiger partial charge in [-0.05, 0) is 37.5 Å². The number of rotatable bonds is 4. The van der Waals surface area contributed by atoms with Crippen LogP contribution in [0.25, 0.3) is 0 Å². The van der Waals surface area contributed by atoms with E-state index in [4.69, 9.17) is 0 Å². The van der Waals surface area contributed by atoms with Crippen molar-refractivity contribution in [2.75, 3.05) is 13.1 Å². The van der Waals surface area contributed by atoms with Gasteiger partial charge in [-0.25, -0.2) is 10.4 Å². The molecule has 1 aliphatic heterocycles. The van der Waals surface area contributed by atoms with E-state index in [1.165, 1.54) is 31.4 Å². The van der Waals surface area contributed by atoms with Crippen molar-refractivity contribution in [2.45, 2.75) is 38.6 Å². The Hall–Kier alpha value is -1.27. The van der Waals surface area contributed by atoms with Gasteiger partial charge < -0.3 is 4.74 Å².